The lowest BCUT2D eigenvalue weighted by Crippen LogP contribution is -2.03. The number of rotatable bonds is 3. The lowest BCUT2D eigenvalue weighted by Gasteiger charge is -1.99. The van der Waals surface area contributed by atoms with Gasteiger partial charge >= 0.3 is 0 Å². The second-order valence-corrected chi connectivity index (χ2v) is 3.22. The molecule has 0 radical (unpaired) electrons. The first-order chi connectivity index (χ1) is 7.10. The van der Waals surface area contributed by atoms with Crippen molar-refractivity contribution in [1.29, 1.82) is 5.26 Å². The number of carbonyl (C=O) groups is 1. The van der Waals surface area contributed by atoms with E-state index in [-0.39, 0.29) is 27.9 Å². The monoisotopic (exact) mass is 268 g/mol. The molecule has 0 fully saturated rings. The van der Waals surface area contributed by atoms with Crippen molar-refractivity contribution < 1.29 is 9.72 Å². The molecule has 0 N–H and O–H groups in total. The highest BCUT2D eigenvalue weighted by Gasteiger charge is 2.14. The molecule has 15 heavy (non-hydrogen) atoms. The zero-order chi connectivity index (χ0) is 11.4. The smallest absolute Gasteiger partial charge is 0.270 e. The maximum absolute atomic E-state index is 11.3. The number of halogens is 1. The molecule has 0 aliphatic carbocycles. The van der Waals surface area contributed by atoms with Crippen LogP contribution in [0.2, 0.25) is 0 Å². The highest BCUT2D eigenvalue weighted by molar-refractivity contribution is 9.09. The van der Waals surface area contributed by atoms with Gasteiger partial charge in [-0.05, 0) is 6.07 Å². The van der Waals surface area contributed by atoms with Crippen molar-refractivity contribution in [2.24, 2.45) is 0 Å². The summed E-state index contributed by atoms with van der Waals surface area (Å²) >= 11 is 2.97. The van der Waals surface area contributed by atoms with Gasteiger partial charge in [0.1, 0.15) is 6.07 Å². The Balaban J connectivity index is 3.28. The molecule has 76 valence electrons. The highest BCUT2D eigenvalue weighted by Crippen LogP contribution is 2.18. The van der Waals surface area contributed by atoms with E-state index < -0.39 is 4.92 Å². The minimum Gasteiger partial charge on any atom is -0.293 e. The molecule has 5 nitrogen and oxygen atoms in total. The molecule has 0 aliphatic rings. The number of benzene rings is 1. The largest absolute Gasteiger partial charge is 0.293 e. The summed E-state index contributed by atoms with van der Waals surface area (Å²) in [5.41, 5.74) is 0.0197. The van der Waals surface area contributed by atoms with E-state index in [1.54, 1.807) is 6.07 Å². The summed E-state index contributed by atoms with van der Waals surface area (Å²) in [4.78, 5) is 21.1. The van der Waals surface area contributed by atoms with Crippen molar-refractivity contribution in [2.45, 2.75) is 0 Å². The van der Waals surface area contributed by atoms with E-state index in [1.807, 2.05) is 0 Å². The van der Waals surface area contributed by atoms with Gasteiger partial charge in [-0.15, -0.1) is 0 Å². The number of Topliss-reactive ketones (excluding diaryl/α,β-unsaturated/α-hetero) is 1. The Bertz CT molecular complexity index is 465. The minimum atomic E-state index is -0.608. The Labute approximate surface area is 93.6 Å². The van der Waals surface area contributed by atoms with Gasteiger partial charge in [0.25, 0.3) is 5.69 Å². The van der Waals surface area contributed by atoms with Crippen LogP contribution in [0, 0.1) is 21.4 Å². The number of nitro groups is 1. The Morgan fingerprint density at radius 2 is 2.27 bits per heavy atom. The van der Waals surface area contributed by atoms with E-state index in [0.717, 1.165) is 6.07 Å². The summed E-state index contributed by atoms with van der Waals surface area (Å²) < 4.78 is 0. The van der Waals surface area contributed by atoms with Crippen LogP contribution in [0.5, 0.6) is 0 Å². The predicted octanol–water partition coefficient (Wildman–Crippen LogP) is 2.04. The van der Waals surface area contributed by atoms with E-state index in [4.69, 9.17) is 5.26 Å². The maximum Gasteiger partial charge on any atom is 0.270 e. The van der Waals surface area contributed by atoms with Crippen molar-refractivity contribution in [3.05, 3.63) is 39.4 Å². The van der Waals surface area contributed by atoms with Gasteiger partial charge in [0, 0.05) is 17.7 Å². The zero-order valence-corrected chi connectivity index (χ0v) is 9.02. The molecule has 1 aromatic carbocycles. The molecule has 0 spiro atoms. The third-order valence-electron chi connectivity index (χ3n) is 1.76. The minimum absolute atomic E-state index is 0.0219. The molecule has 0 amide bonds. The van der Waals surface area contributed by atoms with Crippen molar-refractivity contribution in [3.63, 3.8) is 0 Å². The Morgan fingerprint density at radius 1 is 1.60 bits per heavy atom. The van der Waals surface area contributed by atoms with E-state index in [2.05, 4.69) is 15.9 Å². The number of carbonyl (C=O) groups excluding carboxylic acids is 1. The van der Waals surface area contributed by atoms with E-state index in [9.17, 15) is 14.9 Å². The zero-order valence-electron chi connectivity index (χ0n) is 7.44. The predicted molar refractivity (Wildman–Crippen MR) is 55.9 cm³/mol. The average Bonchev–Trinajstić information content (AvgIpc) is 2.27. The fraction of sp³-hybridized carbons (Fsp3) is 0.111. The molecule has 0 bridgehead atoms. The number of non-ortho nitro benzene ring substituents is 1. The third kappa shape index (κ3) is 2.39. The van der Waals surface area contributed by atoms with Crippen LogP contribution in [0.1, 0.15) is 15.9 Å². The van der Waals surface area contributed by atoms with Crippen molar-refractivity contribution >= 4 is 27.4 Å². The average molecular weight is 269 g/mol. The second kappa shape index (κ2) is 4.66. The van der Waals surface area contributed by atoms with Crippen LogP contribution in [0.3, 0.4) is 0 Å². The topological polar surface area (TPSA) is 84.0 Å². The van der Waals surface area contributed by atoms with Gasteiger partial charge in [-0.3, -0.25) is 14.9 Å². The Hall–Kier alpha value is -1.74. The Kier molecular flexibility index (Phi) is 3.52. The summed E-state index contributed by atoms with van der Waals surface area (Å²) in [7, 11) is 0. The molecular weight excluding hydrogens is 264 g/mol. The Morgan fingerprint density at radius 3 is 2.73 bits per heavy atom. The molecule has 0 atom stereocenters. The number of nitriles is 1. The summed E-state index contributed by atoms with van der Waals surface area (Å²) in [6.45, 7) is 0. The van der Waals surface area contributed by atoms with Crippen LogP contribution in [0.4, 0.5) is 5.69 Å². The SMILES string of the molecule is N#Cc1cc([N+](=O)[O-])ccc1C(=O)CBr. The lowest BCUT2D eigenvalue weighted by atomic mass is 10.0. The van der Waals surface area contributed by atoms with Crippen molar-refractivity contribution in [2.75, 3.05) is 5.33 Å². The van der Waals surface area contributed by atoms with Gasteiger partial charge in [-0.1, -0.05) is 15.9 Å². The molecule has 1 rings (SSSR count). The summed E-state index contributed by atoms with van der Waals surface area (Å²) in [6.07, 6.45) is 0. The molecule has 0 unspecified atom stereocenters. The third-order valence-corrected chi connectivity index (χ3v) is 2.27. The molecule has 0 saturated carbocycles. The summed E-state index contributed by atoms with van der Waals surface area (Å²) in [6, 6.07) is 5.35. The number of hydrogen-bond donors (Lipinski definition) is 0. The number of hydrogen-bond acceptors (Lipinski definition) is 4. The fourth-order valence-electron chi connectivity index (χ4n) is 1.05. The van der Waals surface area contributed by atoms with Crippen LogP contribution in [-0.2, 0) is 0 Å². The van der Waals surface area contributed by atoms with Crippen LogP contribution in [-0.4, -0.2) is 16.0 Å². The van der Waals surface area contributed by atoms with Gasteiger partial charge in [-0.2, -0.15) is 5.26 Å². The van der Waals surface area contributed by atoms with E-state index in [0.29, 0.717) is 0 Å². The maximum atomic E-state index is 11.3. The molecule has 0 aliphatic heterocycles. The van der Waals surface area contributed by atoms with Crippen LogP contribution in [0.15, 0.2) is 18.2 Å². The highest BCUT2D eigenvalue weighted by atomic mass is 79.9. The van der Waals surface area contributed by atoms with Gasteiger partial charge in [0.2, 0.25) is 0 Å². The molecule has 6 heteroatoms. The summed E-state index contributed by atoms with van der Waals surface area (Å²) in [5.74, 6) is -0.276. The second-order valence-electron chi connectivity index (χ2n) is 2.66. The van der Waals surface area contributed by atoms with E-state index in [1.165, 1.54) is 12.1 Å². The molecule has 0 heterocycles. The van der Waals surface area contributed by atoms with Crippen LogP contribution >= 0.6 is 15.9 Å². The quantitative estimate of drug-likeness (QED) is 0.364. The normalized spacial score (nSPS) is 9.33. The van der Waals surface area contributed by atoms with Crippen LogP contribution < -0.4 is 0 Å². The first-order valence-electron chi connectivity index (χ1n) is 3.88. The number of alkyl halides is 1. The molecule has 0 aromatic heterocycles. The standard InChI is InChI=1S/C9H5BrN2O3/c10-4-9(13)8-2-1-7(12(14)15)3-6(8)5-11/h1-3H,4H2. The first kappa shape index (κ1) is 11.3. The molecular formula is C9H5BrN2O3. The number of nitrogens with zero attached hydrogens (tertiary/aromatic N) is 2. The van der Waals surface area contributed by atoms with Crippen molar-refractivity contribution in [1.82, 2.24) is 0 Å². The van der Waals surface area contributed by atoms with E-state index >= 15 is 0 Å². The van der Waals surface area contributed by atoms with Gasteiger partial charge in [0.15, 0.2) is 5.78 Å². The van der Waals surface area contributed by atoms with Crippen molar-refractivity contribution in [3.8, 4) is 6.07 Å². The summed E-state index contributed by atoms with van der Waals surface area (Å²) in [5, 5.41) is 19.2. The number of nitro benzene ring substituents is 1. The van der Waals surface area contributed by atoms with Gasteiger partial charge in [-0.25, -0.2) is 0 Å². The van der Waals surface area contributed by atoms with Crippen LogP contribution in [0.25, 0.3) is 0 Å². The van der Waals surface area contributed by atoms with Gasteiger partial charge < -0.3 is 0 Å². The van der Waals surface area contributed by atoms with Gasteiger partial charge in [0.05, 0.1) is 15.8 Å². The molecule has 0 saturated heterocycles. The molecule has 1 aromatic rings. The first-order valence-corrected chi connectivity index (χ1v) is 5.00. The lowest BCUT2D eigenvalue weighted by molar-refractivity contribution is -0.384. The number of ketones is 1. The fourth-order valence-corrected chi connectivity index (χ4v) is 1.36.